The summed E-state index contributed by atoms with van der Waals surface area (Å²) in [5, 5.41) is 14.3. The first-order chi connectivity index (χ1) is 12.8. The monoisotopic (exact) mass is 370 g/mol. The Bertz CT molecular complexity index is 780. The third-order valence-corrected chi connectivity index (χ3v) is 3.65. The lowest BCUT2D eigenvalue weighted by molar-refractivity contribution is 0.0635. The maximum atomic E-state index is 12.5. The summed E-state index contributed by atoms with van der Waals surface area (Å²) in [7, 11) is 0. The summed E-state index contributed by atoms with van der Waals surface area (Å²) in [5.74, 6) is -0.276. The van der Waals surface area contributed by atoms with Crippen molar-refractivity contribution in [3.05, 3.63) is 59.7 Å². The van der Waals surface area contributed by atoms with Gasteiger partial charge >= 0.3 is 6.09 Å². The largest absolute Gasteiger partial charge is 0.444 e. The Morgan fingerprint density at radius 1 is 0.963 bits per heavy atom. The van der Waals surface area contributed by atoms with E-state index in [-0.39, 0.29) is 12.5 Å². The van der Waals surface area contributed by atoms with Gasteiger partial charge < -0.3 is 15.2 Å². The fourth-order valence-corrected chi connectivity index (χ4v) is 2.42. The van der Waals surface area contributed by atoms with Gasteiger partial charge in [-0.1, -0.05) is 24.3 Å². The van der Waals surface area contributed by atoms with Crippen LogP contribution >= 0.6 is 0 Å². The number of para-hydroxylation sites is 2. The molecule has 0 spiro atoms. The fourth-order valence-electron chi connectivity index (χ4n) is 2.42. The Labute approximate surface area is 159 Å². The normalized spacial score (nSPS) is 11.0. The number of amides is 2. The maximum absolute atomic E-state index is 12.5. The molecule has 0 aliphatic heterocycles. The number of anilines is 2. The van der Waals surface area contributed by atoms with Crippen LogP contribution in [0.15, 0.2) is 48.5 Å². The van der Waals surface area contributed by atoms with Gasteiger partial charge in [0.25, 0.3) is 5.91 Å². The van der Waals surface area contributed by atoms with Crippen LogP contribution in [0.2, 0.25) is 0 Å². The zero-order chi connectivity index (χ0) is 19.9. The van der Waals surface area contributed by atoms with Crippen molar-refractivity contribution in [3.8, 4) is 0 Å². The zero-order valence-electron chi connectivity index (χ0n) is 15.9. The number of carbonyl (C=O) groups is 2. The predicted molar refractivity (Wildman–Crippen MR) is 106 cm³/mol. The molecule has 6 heteroatoms. The Kier molecular flexibility index (Phi) is 6.96. The van der Waals surface area contributed by atoms with E-state index in [2.05, 4.69) is 10.6 Å². The van der Waals surface area contributed by atoms with E-state index < -0.39 is 11.7 Å². The minimum atomic E-state index is -0.611. The predicted octanol–water partition coefficient (Wildman–Crippen LogP) is 4.21. The molecular formula is C21H26N2O4. The van der Waals surface area contributed by atoms with E-state index in [1.165, 1.54) is 0 Å². The minimum Gasteiger partial charge on any atom is -0.444 e. The van der Waals surface area contributed by atoms with Crippen LogP contribution in [0, 0.1) is 0 Å². The van der Waals surface area contributed by atoms with Gasteiger partial charge in [-0.15, -0.1) is 0 Å². The Morgan fingerprint density at radius 2 is 1.56 bits per heavy atom. The number of hydrogen-bond donors (Lipinski definition) is 3. The summed E-state index contributed by atoms with van der Waals surface area (Å²) in [6, 6.07) is 14.2. The second kappa shape index (κ2) is 9.19. The third kappa shape index (κ3) is 6.75. The summed E-state index contributed by atoms with van der Waals surface area (Å²) in [5.41, 5.74) is 1.90. The first kappa shape index (κ1) is 20.5. The van der Waals surface area contributed by atoms with Crippen molar-refractivity contribution < 1.29 is 19.4 Å². The Hall–Kier alpha value is -2.86. The number of ether oxygens (including phenoxy) is 1. The molecule has 0 radical (unpaired) electrons. The van der Waals surface area contributed by atoms with Gasteiger partial charge in [0.15, 0.2) is 0 Å². The van der Waals surface area contributed by atoms with Gasteiger partial charge in [0.2, 0.25) is 0 Å². The number of rotatable bonds is 6. The van der Waals surface area contributed by atoms with Crippen molar-refractivity contribution in [1.29, 1.82) is 0 Å². The first-order valence-corrected chi connectivity index (χ1v) is 8.88. The van der Waals surface area contributed by atoms with Gasteiger partial charge in [-0.25, -0.2) is 4.79 Å². The molecular weight excluding hydrogens is 344 g/mol. The van der Waals surface area contributed by atoms with Crippen LogP contribution in [-0.4, -0.2) is 29.3 Å². The molecule has 2 aromatic carbocycles. The average Bonchev–Trinajstić information content (AvgIpc) is 2.60. The van der Waals surface area contributed by atoms with E-state index in [4.69, 9.17) is 9.84 Å². The third-order valence-electron chi connectivity index (χ3n) is 3.65. The zero-order valence-corrected chi connectivity index (χ0v) is 15.9. The summed E-state index contributed by atoms with van der Waals surface area (Å²) in [6.07, 6.45) is 0.869. The minimum absolute atomic E-state index is 0.143. The molecule has 0 aliphatic carbocycles. The molecule has 0 unspecified atom stereocenters. The highest BCUT2D eigenvalue weighted by atomic mass is 16.6. The standard InChI is InChI=1S/C21H26N2O4/c1-21(2,3)27-20(26)23-18-9-5-4-8-17(18)22-19(25)16-12-10-15(11-13-16)7-6-14-24/h4-5,8-13,24H,6-7,14H2,1-3H3,(H,22,25)(H,23,26). The lowest BCUT2D eigenvalue weighted by Crippen LogP contribution is -2.27. The number of nitrogens with one attached hydrogen (secondary N) is 2. The van der Waals surface area contributed by atoms with Crippen LogP contribution < -0.4 is 10.6 Å². The molecule has 0 atom stereocenters. The van der Waals surface area contributed by atoms with Crippen molar-refractivity contribution in [1.82, 2.24) is 0 Å². The fraction of sp³-hybridized carbons (Fsp3) is 0.333. The Morgan fingerprint density at radius 3 is 2.11 bits per heavy atom. The van der Waals surface area contributed by atoms with Crippen LogP contribution in [0.4, 0.5) is 16.2 Å². The topological polar surface area (TPSA) is 87.7 Å². The molecule has 2 aromatic rings. The molecule has 6 nitrogen and oxygen atoms in total. The molecule has 3 N–H and O–H groups in total. The van der Waals surface area contributed by atoms with Crippen LogP contribution in [0.25, 0.3) is 0 Å². The number of hydrogen-bond acceptors (Lipinski definition) is 4. The van der Waals surface area contributed by atoms with E-state index in [9.17, 15) is 9.59 Å². The van der Waals surface area contributed by atoms with E-state index in [1.54, 1.807) is 57.2 Å². The van der Waals surface area contributed by atoms with Gasteiger partial charge in [0.05, 0.1) is 11.4 Å². The molecule has 0 aromatic heterocycles. The first-order valence-electron chi connectivity index (χ1n) is 8.88. The highest BCUT2D eigenvalue weighted by Crippen LogP contribution is 2.23. The Balaban J connectivity index is 2.06. The van der Waals surface area contributed by atoms with Crippen molar-refractivity contribution in [2.45, 2.75) is 39.2 Å². The SMILES string of the molecule is CC(C)(C)OC(=O)Nc1ccccc1NC(=O)c1ccc(CCCO)cc1. The number of benzene rings is 2. The van der Waals surface area contributed by atoms with Crippen LogP contribution in [0.5, 0.6) is 0 Å². The highest BCUT2D eigenvalue weighted by Gasteiger charge is 2.17. The summed E-state index contributed by atoms with van der Waals surface area (Å²) < 4.78 is 5.25. The smallest absolute Gasteiger partial charge is 0.412 e. The molecule has 2 amide bonds. The number of aryl methyl sites for hydroxylation is 1. The number of carbonyl (C=O) groups excluding carboxylic acids is 2. The quantitative estimate of drug-likeness (QED) is 0.711. The lowest BCUT2D eigenvalue weighted by Gasteiger charge is -2.20. The van der Waals surface area contributed by atoms with Gasteiger partial charge in [0.1, 0.15) is 5.60 Å². The van der Waals surface area contributed by atoms with Crippen molar-refractivity contribution >= 4 is 23.4 Å². The van der Waals surface area contributed by atoms with Crippen LogP contribution in [0.3, 0.4) is 0 Å². The molecule has 144 valence electrons. The highest BCUT2D eigenvalue weighted by molar-refractivity contribution is 6.06. The molecule has 0 fully saturated rings. The maximum Gasteiger partial charge on any atom is 0.412 e. The van der Waals surface area contributed by atoms with Crippen molar-refractivity contribution in [3.63, 3.8) is 0 Å². The average molecular weight is 370 g/mol. The van der Waals surface area contributed by atoms with E-state index in [0.717, 1.165) is 12.0 Å². The second-order valence-electron chi connectivity index (χ2n) is 7.15. The van der Waals surface area contributed by atoms with E-state index in [1.807, 2.05) is 12.1 Å². The van der Waals surface area contributed by atoms with E-state index >= 15 is 0 Å². The molecule has 27 heavy (non-hydrogen) atoms. The van der Waals surface area contributed by atoms with Gasteiger partial charge in [0, 0.05) is 12.2 Å². The van der Waals surface area contributed by atoms with Gasteiger partial charge in [-0.2, -0.15) is 0 Å². The van der Waals surface area contributed by atoms with Crippen LogP contribution in [-0.2, 0) is 11.2 Å². The summed E-state index contributed by atoms with van der Waals surface area (Å²) in [4.78, 5) is 24.5. The van der Waals surface area contributed by atoms with Crippen molar-refractivity contribution in [2.75, 3.05) is 17.2 Å². The molecule has 2 rings (SSSR count). The van der Waals surface area contributed by atoms with E-state index in [0.29, 0.717) is 23.4 Å². The van der Waals surface area contributed by atoms with Crippen LogP contribution in [0.1, 0.15) is 43.1 Å². The molecule has 0 bridgehead atoms. The van der Waals surface area contributed by atoms with Gasteiger partial charge in [-0.3, -0.25) is 10.1 Å². The second-order valence-corrected chi connectivity index (χ2v) is 7.15. The van der Waals surface area contributed by atoms with Gasteiger partial charge in [-0.05, 0) is 63.4 Å². The molecule has 0 heterocycles. The van der Waals surface area contributed by atoms with Crippen molar-refractivity contribution in [2.24, 2.45) is 0 Å². The number of aliphatic hydroxyl groups is 1. The molecule has 0 aliphatic rings. The number of aliphatic hydroxyl groups excluding tert-OH is 1. The molecule has 0 saturated heterocycles. The summed E-state index contributed by atoms with van der Waals surface area (Å²) in [6.45, 7) is 5.49. The lowest BCUT2D eigenvalue weighted by atomic mass is 10.1. The summed E-state index contributed by atoms with van der Waals surface area (Å²) >= 11 is 0. The molecule has 0 saturated carbocycles.